The Labute approximate surface area is 220 Å². The van der Waals surface area contributed by atoms with E-state index in [1.54, 1.807) is 31.3 Å². The number of pyridine rings is 1. The first-order chi connectivity index (χ1) is 18.0. The zero-order valence-corrected chi connectivity index (χ0v) is 22.3. The maximum atomic E-state index is 14.0. The zero-order chi connectivity index (χ0) is 27.6. The summed E-state index contributed by atoms with van der Waals surface area (Å²) in [6.45, 7) is 5.66. The number of alkyl halides is 3. The minimum absolute atomic E-state index is 0.0139. The SMILES string of the molecule is CCOc1ccnc(N2CCC(Nc3c(CC)nc(-c4ccc(N(C)C)cc4C(F)(F)F)n(C)c3=O)C2)c1. The Balaban J connectivity index is 1.65. The molecular formula is C27H33F3N6O2. The highest BCUT2D eigenvalue weighted by Gasteiger charge is 2.36. The predicted molar refractivity (Wildman–Crippen MR) is 143 cm³/mol. The van der Waals surface area contributed by atoms with E-state index in [0.29, 0.717) is 36.6 Å². The fourth-order valence-corrected chi connectivity index (χ4v) is 4.65. The van der Waals surface area contributed by atoms with Crippen LogP contribution in [0.1, 0.15) is 31.5 Å². The number of aromatic nitrogens is 3. The standard InChI is InChI=1S/C27H33F3N6O2/c1-6-22-24(32-17-11-13-36(16-17)23-15-19(38-7-2)10-12-31-23)26(37)35(5)25(33-22)20-9-8-18(34(3)4)14-21(20)27(28,29)30/h8-10,12,14-15,17,32H,6-7,11,13,16H2,1-5H3. The third-order valence-electron chi connectivity index (χ3n) is 6.66. The van der Waals surface area contributed by atoms with Crippen LogP contribution in [0.5, 0.6) is 5.75 Å². The second-order valence-corrected chi connectivity index (χ2v) is 9.46. The second kappa shape index (κ2) is 10.9. The second-order valence-electron chi connectivity index (χ2n) is 9.46. The molecule has 1 saturated heterocycles. The highest BCUT2D eigenvalue weighted by molar-refractivity contribution is 5.68. The molecule has 0 radical (unpaired) electrons. The van der Waals surface area contributed by atoms with Gasteiger partial charge in [0, 0.05) is 63.8 Å². The van der Waals surface area contributed by atoms with Crippen LogP contribution in [0.2, 0.25) is 0 Å². The van der Waals surface area contributed by atoms with Crippen molar-refractivity contribution < 1.29 is 17.9 Å². The summed E-state index contributed by atoms with van der Waals surface area (Å²) < 4.78 is 48.8. The summed E-state index contributed by atoms with van der Waals surface area (Å²) in [7, 11) is 4.81. The summed E-state index contributed by atoms with van der Waals surface area (Å²) in [5, 5.41) is 3.33. The molecule has 3 heterocycles. The number of rotatable bonds is 8. The van der Waals surface area contributed by atoms with Crippen molar-refractivity contribution in [2.24, 2.45) is 7.05 Å². The summed E-state index contributed by atoms with van der Waals surface area (Å²) in [6, 6.07) is 7.70. The third-order valence-corrected chi connectivity index (χ3v) is 6.66. The van der Waals surface area contributed by atoms with E-state index < -0.39 is 17.3 Å². The van der Waals surface area contributed by atoms with Gasteiger partial charge in [0.15, 0.2) is 0 Å². The van der Waals surface area contributed by atoms with Crippen molar-refractivity contribution >= 4 is 17.2 Å². The lowest BCUT2D eigenvalue weighted by Crippen LogP contribution is -2.32. The van der Waals surface area contributed by atoms with Crippen LogP contribution in [0.3, 0.4) is 0 Å². The topological polar surface area (TPSA) is 75.5 Å². The minimum Gasteiger partial charge on any atom is -0.494 e. The summed E-state index contributed by atoms with van der Waals surface area (Å²) >= 11 is 0. The van der Waals surface area contributed by atoms with Crippen molar-refractivity contribution in [1.29, 1.82) is 0 Å². The number of hydrogen-bond donors (Lipinski definition) is 1. The number of nitrogens with zero attached hydrogens (tertiary/aromatic N) is 5. The molecule has 1 unspecified atom stereocenters. The van der Waals surface area contributed by atoms with Crippen LogP contribution < -0.4 is 25.4 Å². The fourth-order valence-electron chi connectivity index (χ4n) is 4.65. The Hall–Kier alpha value is -3.76. The van der Waals surface area contributed by atoms with Gasteiger partial charge in [0.05, 0.1) is 17.9 Å². The van der Waals surface area contributed by atoms with E-state index in [-0.39, 0.29) is 17.4 Å². The molecule has 1 aromatic carbocycles. The lowest BCUT2D eigenvalue weighted by atomic mass is 10.0. The Morgan fingerprint density at radius 1 is 1.18 bits per heavy atom. The lowest BCUT2D eigenvalue weighted by molar-refractivity contribution is -0.137. The molecule has 3 aromatic rings. The smallest absolute Gasteiger partial charge is 0.417 e. The van der Waals surface area contributed by atoms with E-state index in [9.17, 15) is 18.0 Å². The van der Waals surface area contributed by atoms with Gasteiger partial charge >= 0.3 is 6.18 Å². The average Bonchev–Trinajstić information content (AvgIpc) is 3.35. The van der Waals surface area contributed by atoms with Crippen LogP contribution in [0.4, 0.5) is 30.4 Å². The molecule has 1 aliphatic rings. The minimum atomic E-state index is -4.61. The molecule has 8 nitrogen and oxygen atoms in total. The number of ether oxygens (including phenoxy) is 1. The number of hydrogen-bond acceptors (Lipinski definition) is 7. The molecule has 4 rings (SSSR count). The molecule has 2 aromatic heterocycles. The molecule has 204 valence electrons. The quantitative estimate of drug-likeness (QED) is 0.457. The monoisotopic (exact) mass is 530 g/mol. The highest BCUT2D eigenvalue weighted by Crippen LogP contribution is 2.38. The van der Waals surface area contributed by atoms with Gasteiger partial charge in [-0.1, -0.05) is 6.92 Å². The number of aryl methyl sites for hydroxylation is 1. The summed E-state index contributed by atoms with van der Waals surface area (Å²) in [4.78, 5) is 26.2. The van der Waals surface area contributed by atoms with Gasteiger partial charge in [0.25, 0.3) is 5.56 Å². The first kappa shape index (κ1) is 27.3. The number of anilines is 3. The Morgan fingerprint density at radius 2 is 1.95 bits per heavy atom. The molecule has 0 spiro atoms. The van der Waals surface area contributed by atoms with Crippen molar-refractivity contribution in [2.75, 3.05) is 48.9 Å². The van der Waals surface area contributed by atoms with Crippen LogP contribution in [0.15, 0.2) is 41.3 Å². The van der Waals surface area contributed by atoms with Gasteiger partial charge in [-0.2, -0.15) is 13.2 Å². The maximum absolute atomic E-state index is 14.0. The molecule has 0 bridgehead atoms. The van der Waals surface area contributed by atoms with Gasteiger partial charge < -0.3 is 19.9 Å². The number of nitrogens with one attached hydrogen (secondary N) is 1. The molecule has 1 atom stereocenters. The largest absolute Gasteiger partial charge is 0.494 e. The number of halogens is 3. The van der Waals surface area contributed by atoms with Crippen molar-refractivity contribution in [3.63, 3.8) is 0 Å². The molecule has 11 heteroatoms. The van der Waals surface area contributed by atoms with Crippen molar-refractivity contribution in [3.05, 3.63) is 58.1 Å². The molecule has 1 aliphatic heterocycles. The molecule has 0 amide bonds. The summed E-state index contributed by atoms with van der Waals surface area (Å²) in [5.41, 5.74) is -0.208. The van der Waals surface area contributed by atoms with Crippen LogP contribution in [-0.2, 0) is 19.6 Å². The van der Waals surface area contributed by atoms with Crippen LogP contribution in [0, 0.1) is 0 Å². The zero-order valence-electron chi connectivity index (χ0n) is 22.3. The summed E-state index contributed by atoms with van der Waals surface area (Å²) in [5.74, 6) is 1.52. The molecule has 38 heavy (non-hydrogen) atoms. The fraction of sp³-hybridized carbons (Fsp3) is 0.444. The van der Waals surface area contributed by atoms with Crippen molar-refractivity contribution in [1.82, 2.24) is 14.5 Å². The van der Waals surface area contributed by atoms with E-state index in [1.807, 2.05) is 26.0 Å². The predicted octanol–water partition coefficient (Wildman–Crippen LogP) is 4.58. The van der Waals surface area contributed by atoms with Gasteiger partial charge in [-0.25, -0.2) is 9.97 Å². The van der Waals surface area contributed by atoms with Gasteiger partial charge in [-0.15, -0.1) is 0 Å². The first-order valence-corrected chi connectivity index (χ1v) is 12.6. The normalized spacial score (nSPS) is 15.6. The van der Waals surface area contributed by atoms with Gasteiger partial charge in [0.1, 0.15) is 23.1 Å². The Morgan fingerprint density at radius 3 is 2.61 bits per heavy atom. The maximum Gasteiger partial charge on any atom is 0.417 e. The van der Waals surface area contributed by atoms with Crippen LogP contribution in [-0.4, -0.2) is 54.4 Å². The van der Waals surface area contributed by atoms with E-state index in [4.69, 9.17) is 4.74 Å². The van der Waals surface area contributed by atoms with Crippen LogP contribution in [0.25, 0.3) is 11.4 Å². The first-order valence-electron chi connectivity index (χ1n) is 12.6. The van der Waals surface area contributed by atoms with Crippen molar-refractivity contribution in [3.8, 4) is 17.1 Å². The Bertz CT molecular complexity index is 1360. The molecule has 1 N–H and O–H groups in total. The summed E-state index contributed by atoms with van der Waals surface area (Å²) in [6.07, 6.45) is -1.76. The van der Waals surface area contributed by atoms with E-state index in [1.165, 1.54) is 17.7 Å². The van der Waals surface area contributed by atoms with E-state index >= 15 is 0 Å². The molecule has 0 saturated carbocycles. The number of benzene rings is 1. The van der Waals surface area contributed by atoms with Gasteiger partial charge in [-0.3, -0.25) is 9.36 Å². The molecule has 1 fully saturated rings. The van der Waals surface area contributed by atoms with Crippen LogP contribution >= 0.6 is 0 Å². The lowest BCUT2D eigenvalue weighted by Gasteiger charge is -2.22. The van der Waals surface area contributed by atoms with Crippen molar-refractivity contribution in [2.45, 2.75) is 38.9 Å². The third kappa shape index (κ3) is 5.56. The highest BCUT2D eigenvalue weighted by atomic mass is 19.4. The average molecular weight is 531 g/mol. The molecular weight excluding hydrogens is 497 g/mol. The Kier molecular flexibility index (Phi) is 7.84. The van der Waals surface area contributed by atoms with E-state index in [0.717, 1.165) is 30.6 Å². The van der Waals surface area contributed by atoms with Gasteiger partial charge in [0.2, 0.25) is 0 Å². The van der Waals surface area contributed by atoms with Gasteiger partial charge in [-0.05, 0) is 44.0 Å². The van der Waals surface area contributed by atoms with E-state index in [2.05, 4.69) is 20.2 Å². The molecule has 0 aliphatic carbocycles.